The maximum absolute atomic E-state index is 12.4. The van der Waals surface area contributed by atoms with E-state index in [0.717, 1.165) is 48.3 Å². The van der Waals surface area contributed by atoms with E-state index in [1.165, 1.54) is 19.3 Å². The highest BCUT2D eigenvalue weighted by Gasteiger charge is 2.33. The second kappa shape index (κ2) is 15.8. The molecule has 0 aliphatic carbocycles. The van der Waals surface area contributed by atoms with Gasteiger partial charge in [0.2, 0.25) is 11.8 Å². The first-order valence-corrected chi connectivity index (χ1v) is 15.7. The summed E-state index contributed by atoms with van der Waals surface area (Å²) in [6.07, 6.45) is 4.92. The van der Waals surface area contributed by atoms with E-state index in [9.17, 15) is 14.7 Å². The minimum absolute atomic E-state index is 0.0176. The van der Waals surface area contributed by atoms with Crippen LogP contribution in [0.1, 0.15) is 79.6 Å². The van der Waals surface area contributed by atoms with Crippen molar-refractivity contribution in [3.8, 4) is 0 Å². The standard InChI is InChI=1S/C35H44N4O5/c36-30-7-2-3-8-31(30)38-34(42)10-6-9-33(41)37-22-25-11-17-28(18-12-25)35-43-29(23-39-19-4-1-5-20-39)21-32(44-35)27-15-13-26(24-40)14-16-27/h2-3,7-8,11-18,29,32,35,40H,1,4-6,9-10,19-24,36H2,(H,37,41)(H,38,42). The molecule has 3 unspecified atom stereocenters. The number of carbonyl (C=O) groups is 2. The monoisotopic (exact) mass is 600 g/mol. The van der Waals surface area contributed by atoms with Gasteiger partial charge in [-0.2, -0.15) is 0 Å². The van der Waals surface area contributed by atoms with Crippen LogP contribution >= 0.6 is 0 Å². The van der Waals surface area contributed by atoms with Crippen LogP contribution in [0.4, 0.5) is 11.4 Å². The molecule has 2 fully saturated rings. The maximum Gasteiger partial charge on any atom is 0.224 e. The van der Waals surface area contributed by atoms with Crippen molar-refractivity contribution in [1.82, 2.24) is 10.2 Å². The van der Waals surface area contributed by atoms with Crippen LogP contribution in [0.5, 0.6) is 0 Å². The first-order chi connectivity index (χ1) is 21.5. The van der Waals surface area contributed by atoms with Gasteiger partial charge in [0.05, 0.1) is 30.2 Å². The van der Waals surface area contributed by atoms with Crippen molar-refractivity contribution >= 4 is 23.2 Å². The van der Waals surface area contributed by atoms with Crippen LogP contribution in [0.25, 0.3) is 0 Å². The van der Waals surface area contributed by atoms with Crippen molar-refractivity contribution in [2.24, 2.45) is 0 Å². The first-order valence-electron chi connectivity index (χ1n) is 15.7. The Morgan fingerprint density at radius 2 is 1.52 bits per heavy atom. The van der Waals surface area contributed by atoms with Gasteiger partial charge in [-0.1, -0.05) is 67.1 Å². The molecule has 2 aliphatic rings. The van der Waals surface area contributed by atoms with Gasteiger partial charge in [0, 0.05) is 37.9 Å². The number of anilines is 2. The van der Waals surface area contributed by atoms with E-state index >= 15 is 0 Å². The second-order valence-electron chi connectivity index (χ2n) is 11.7. The lowest BCUT2D eigenvalue weighted by atomic mass is 9.99. The summed E-state index contributed by atoms with van der Waals surface area (Å²) in [7, 11) is 0. The summed E-state index contributed by atoms with van der Waals surface area (Å²) < 4.78 is 13.0. The molecule has 3 atom stereocenters. The molecule has 234 valence electrons. The average Bonchev–Trinajstić information content (AvgIpc) is 3.05. The van der Waals surface area contributed by atoms with Gasteiger partial charge in [0.15, 0.2) is 6.29 Å². The van der Waals surface area contributed by atoms with Gasteiger partial charge < -0.3 is 35.8 Å². The fourth-order valence-electron chi connectivity index (χ4n) is 5.78. The first kappa shape index (κ1) is 31.7. The van der Waals surface area contributed by atoms with Crippen molar-refractivity contribution in [3.05, 3.63) is 95.1 Å². The summed E-state index contributed by atoms with van der Waals surface area (Å²) >= 11 is 0. The van der Waals surface area contributed by atoms with E-state index in [1.54, 1.807) is 12.1 Å². The molecule has 5 N–H and O–H groups in total. The summed E-state index contributed by atoms with van der Waals surface area (Å²) in [5, 5.41) is 15.2. The predicted octanol–water partition coefficient (Wildman–Crippen LogP) is 5.22. The van der Waals surface area contributed by atoms with E-state index in [-0.39, 0.29) is 43.5 Å². The fourth-order valence-corrected chi connectivity index (χ4v) is 5.78. The second-order valence-corrected chi connectivity index (χ2v) is 11.7. The number of likely N-dealkylation sites (tertiary alicyclic amines) is 1. The van der Waals surface area contributed by atoms with Crippen LogP contribution in [-0.4, -0.2) is 47.6 Å². The zero-order chi connectivity index (χ0) is 30.7. The third kappa shape index (κ3) is 9.12. The molecule has 5 rings (SSSR count). The van der Waals surface area contributed by atoms with E-state index in [2.05, 4.69) is 15.5 Å². The molecule has 9 heteroatoms. The molecule has 0 aromatic heterocycles. The summed E-state index contributed by atoms with van der Waals surface area (Å²) in [4.78, 5) is 27.1. The number of hydrogen-bond donors (Lipinski definition) is 4. The van der Waals surface area contributed by atoms with Crippen LogP contribution in [-0.2, 0) is 32.2 Å². The highest BCUT2D eigenvalue weighted by atomic mass is 16.7. The third-order valence-electron chi connectivity index (χ3n) is 8.31. The molecule has 2 saturated heterocycles. The van der Waals surface area contributed by atoms with Gasteiger partial charge in [0.1, 0.15) is 0 Å². The van der Waals surface area contributed by atoms with Crippen molar-refractivity contribution < 1.29 is 24.2 Å². The summed E-state index contributed by atoms with van der Waals surface area (Å²) in [5.41, 5.74) is 10.8. The number of amides is 2. The zero-order valence-corrected chi connectivity index (χ0v) is 25.3. The van der Waals surface area contributed by atoms with Crippen LogP contribution in [0.2, 0.25) is 0 Å². The number of nitrogen functional groups attached to an aromatic ring is 1. The van der Waals surface area contributed by atoms with Gasteiger partial charge >= 0.3 is 0 Å². The van der Waals surface area contributed by atoms with Crippen molar-refractivity contribution in [1.29, 1.82) is 0 Å². The smallest absolute Gasteiger partial charge is 0.224 e. The minimum atomic E-state index is -0.498. The van der Waals surface area contributed by atoms with Gasteiger partial charge in [-0.25, -0.2) is 0 Å². The average molecular weight is 601 g/mol. The molecule has 0 radical (unpaired) electrons. The zero-order valence-electron chi connectivity index (χ0n) is 25.3. The van der Waals surface area contributed by atoms with Crippen LogP contribution < -0.4 is 16.4 Å². The van der Waals surface area contributed by atoms with Crippen LogP contribution in [0.3, 0.4) is 0 Å². The molecule has 0 saturated carbocycles. The van der Waals surface area contributed by atoms with Gasteiger partial charge in [-0.05, 0) is 61.2 Å². The van der Waals surface area contributed by atoms with Crippen molar-refractivity contribution in [3.63, 3.8) is 0 Å². The molecule has 2 amide bonds. The lowest BCUT2D eigenvalue weighted by molar-refractivity contribution is -0.253. The molecular formula is C35H44N4O5. The number of benzene rings is 3. The van der Waals surface area contributed by atoms with Crippen molar-refractivity contribution in [2.75, 3.05) is 30.7 Å². The number of piperidine rings is 1. The van der Waals surface area contributed by atoms with Crippen LogP contribution in [0, 0.1) is 0 Å². The Morgan fingerprint density at radius 1 is 0.841 bits per heavy atom. The molecule has 44 heavy (non-hydrogen) atoms. The lowest BCUT2D eigenvalue weighted by Crippen LogP contribution is -2.41. The Kier molecular flexibility index (Phi) is 11.4. The number of para-hydroxylation sites is 2. The quantitative estimate of drug-likeness (QED) is 0.210. The number of aliphatic hydroxyl groups is 1. The van der Waals surface area contributed by atoms with E-state index in [0.29, 0.717) is 24.3 Å². The molecule has 2 heterocycles. The summed E-state index contributed by atoms with van der Waals surface area (Å²) in [6.45, 7) is 3.52. The van der Waals surface area contributed by atoms with E-state index < -0.39 is 6.29 Å². The minimum Gasteiger partial charge on any atom is -0.397 e. The Bertz CT molecular complexity index is 1360. The number of carbonyl (C=O) groups excluding carboxylic acids is 2. The largest absolute Gasteiger partial charge is 0.397 e. The number of aliphatic hydroxyl groups excluding tert-OH is 1. The Hall–Kier alpha value is -3.76. The van der Waals surface area contributed by atoms with E-state index in [1.807, 2.05) is 60.7 Å². The molecule has 9 nitrogen and oxygen atoms in total. The fraction of sp³-hybridized carbons (Fsp3) is 0.429. The highest BCUT2D eigenvalue weighted by molar-refractivity contribution is 5.93. The normalized spacial score (nSPS) is 20.6. The number of nitrogens with two attached hydrogens (primary N) is 1. The molecule has 0 spiro atoms. The SMILES string of the molecule is Nc1ccccc1NC(=O)CCCC(=O)NCc1ccc(C2OC(CN3CCCCC3)CC(c3ccc(CO)cc3)O2)cc1. The lowest BCUT2D eigenvalue weighted by Gasteiger charge is -2.39. The molecular weight excluding hydrogens is 556 g/mol. The Labute approximate surface area is 259 Å². The Morgan fingerprint density at radius 3 is 2.25 bits per heavy atom. The molecule has 3 aromatic rings. The maximum atomic E-state index is 12.4. The van der Waals surface area contributed by atoms with Crippen LogP contribution in [0.15, 0.2) is 72.8 Å². The topological polar surface area (TPSA) is 126 Å². The highest BCUT2D eigenvalue weighted by Crippen LogP contribution is 2.38. The third-order valence-corrected chi connectivity index (χ3v) is 8.31. The van der Waals surface area contributed by atoms with E-state index in [4.69, 9.17) is 15.2 Å². The number of nitrogens with zero attached hydrogens (tertiary/aromatic N) is 1. The number of hydrogen-bond acceptors (Lipinski definition) is 7. The number of rotatable bonds is 12. The van der Waals surface area contributed by atoms with Crippen molar-refractivity contribution in [2.45, 2.75) is 76.6 Å². The van der Waals surface area contributed by atoms with Gasteiger partial charge in [-0.3, -0.25) is 9.59 Å². The number of nitrogens with one attached hydrogen (secondary N) is 2. The van der Waals surface area contributed by atoms with Gasteiger partial charge in [0.25, 0.3) is 0 Å². The summed E-state index contributed by atoms with van der Waals surface area (Å²) in [5.74, 6) is -0.267. The molecule has 0 bridgehead atoms. The Balaban J connectivity index is 1.12. The predicted molar refractivity (Wildman–Crippen MR) is 170 cm³/mol. The summed E-state index contributed by atoms with van der Waals surface area (Å²) in [6, 6.07) is 23.0. The van der Waals surface area contributed by atoms with Gasteiger partial charge in [-0.15, -0.1) is 0 Å². The molecule has 3 aromatic carbocycles. The molecule has 2 aliphatic heterocycles. The number of ether oxygens (including phenoxy) is 2.